The van der Waals surface area contributed by atoms with Crippen LogP contribution < -0.4 is 9.64 Å². The van der Waals surface area contributed by atoms with Crippen LogP contribution >= 0.6 is 0 Å². The topological polar surface area (TPSA) is 83.0 Å². The molecular formula is C28H29N3O4. The van der Waals surface area contributed by atoms with Crippen molar-refractivity contribution in [1.82, 2.24) is 9.88 Å². The Morgan fingerprint density at radius 3 is 2.46 bits per heavy atom. The highest BCUT2D eigenvalue weighted by molar-refractivity contribution is 6.46. The fourth-order valence-electron chi connectivity index (χ4n) is 4.18. The summed E-state index contributed by atoms with van der Waals surface area (Å²) in [7, 11) is 3.88. The number of likely N-dealkylation sites (tertiary alicyclic amines) is 1. The number of aliphatic hydroxyl groups excluding tert-OH is 1. The average Bonchev–Trinajstić information content (AvgIpc) is 3.09. The monoisotopic (exact) mass is 471 g/mol. The number of aliphatic hydroxyl groups is 1. The summed E-state index contributed by atoms with van der Waals surface area (Å²) in [5.41, 5.74) is 2.97. The van der Waals surface area contributed by atoms with Gasteiger partial charge < -0.3 is 19.6 Å². The number of carbonyl (C=O) groups excluding carboxylic acids is 2. The Balaban J connectivity index is 1.83. The third-order valence-corrected chi connectivity index (χ3v) is 5.82. The lowest BCUT2D eigenvalue weighted by atomic mass is 9.95. The molecule has 0 aliphatic carbocycles. The molecule has 2 aromatic carbocycles. The summed E-state index contributed by atoms with van der Waals surface area (Å²) in [6.07, 6.45) is 3.27. The summed E-state index contributed by atoms with van der Waals surface area (Å²) in [6.45, 7) is 4.01. The van der Waals surface area contributed by atoms with E-state index in [1.165, 1.54) is 4.90 Å². The Labute approximate surface area is 205 Å². The molecule has 1 saturated heterocycles. The van der Waals surface area contributed by atoms with E-state index in [0.717, 1.165) is 16.8 Å². The number of aromatic nitrogens is 1. The molecule has 1 aromatic heterocycles. The van der Waals surface area contributed by atoms with Gasteiger partial charge in [-0.15, -0.1) is 0 Å². The van der Waals surface area contributed by atoms with Gasteiger partial charge in [-0.25, -0.2) is 0 Å². The molecule has 3 aromatic rings. The van der Waals surface area contributed by atoms with Gasteiger partial charge in [-0.05, 0) is 55.3 Å². The van der Waals surface area contributed by atoms with Crippen molar-refractivity contribution in [3.63, 3.8) is 0 Å². The van der Waals surface area contributed by atoms with E-state index >= 15 is 0 Å². The summed E-state index contributed by atoms with van der Waals surface area (Å²) in [5, 5.41) is 11.3. The molecule has 0 saturated carbocycles. The molecule has 1 amide bonds. The predicted molar refractivity (Wildman–Crippen MR) is 135 cm³/mol. The molecule has 2 heterocycles. The van der Waals surface area contributed by atoms with Crippen molar-refractivity contribution in [3.8, 4) is 5.75 Å². The smallest absolute Gasteiger partial charge is 0.295 e. The van der Waals surface area contributed by atoms with E-state index in [0.29, 0.717) is 11.3 Å². The maximum atomic E-state index is 13.3. The number of benzene rings is 2. The van der Waals surface area contributed by atoms with Crippen LogP contribution in [0.5, 0.6) is 5.75 Å². The number of anilines is 1. The lowest BCUT2D eigenvalue weighted by Gasteiger charge is -2.26. The van der Waals surface area contributed by atoms with Gasteiger partial charge in [0.25, 0.3) is 11.7 Å². The van der Waals surface area contributed by atoms with E-state index in [1.807, 2.05) is 63.2 Å². The van der Waals surface area contributed by atoms with Crippen LogP contribution in [0.3, 0.4) is 0 Å². The van der Waals surface area contributed by atoms with Crippen LogP contribution in [0.1, 0.15) is 36.6 Å². The van der Waals surface area contributed by atoms with Crippen LogP contribution in [-0.2, 0) is 16.1 Å². The van der Waals surface area contributed by atoms with Crippen molar-refractivity contribution in [2.75, 3.05) is 19.0 Å². The van der Waals surface area contributed by atoms with Crippen molar-refractivity contribution in [3.05, 3.63) is 95.3 Å². The lowest BCUT2D eigenvalue weighted by Crippen LogP contribution is -2.29. The third-order valence-electron chi connectivity index (χ3n) is 5.82. The molecule has 35 heavy (non-hydrogen) atoms. The maximum absolute atomic E-state index is 13.3. The van der Waals surface area contributed by atoms with Crippen molar-refractivity contribution in [1.29, 1.82) is 0 Å². The maximum Gasteiger partial charge on any atom is 0.295 e. The molecule has 1 unspecified atom stereocenters. The van der Waals surface area contributed by atoms with Gasteiger partial charge in [-0.2, -0.15) is 0 Å². The number of carbonyl (C=O) groups is 2. The highest BCUT2D eigenvalue weighted by Gasteiger charge is 2.46. The van der Waals surface area contributed by atoms with Crippen molar-refractivity contribution >= 4 is 23.1 Å². The van der Waals surface area contributed by atoms with Gasteiger partial charge in [0.1, 0.15) is 11.5 Å². The number of ether oxygens (including phenoxy) is 1. The molecular weight excluding hydrogens is 442 g/mol. The van der Waals surface area contributed by atoms with E-state index in [1.54, 1.807) is 42.7 Å². The quantitative estimate of drug-likeness (QED) is 0.309. The minimum absolute atomic E-state index is 0.0485. The number of Topliss-reactive ketones (excluding diaryl/α,β-unsaturated/α-hetero) is 1. The van der Waals surface area contributed by atoms with Crippen molar-refractivity contribution in [2.24, 2.45) is 0 Å². The fourth-order valence-corrected chi connectivity index (χ4v) is 4.18. The molecule has 1 aliphatic rings. The zero-order chi connectivity index (χ0) is 25.1. The molecule has 1 N–H and O–H groups in total. The Kier molecular flexibility index (Phi) is 6.87. The number of ketones is 1. The summed E-state index contributed by atoms with van der Waals surface area (Å²) < 4.78 is 5.76. The van der Waals surface area contributed by atoms with Crippen LogP contribution in [0.15, 0.2) is 78.6 Å². The molecule has 0 spiro atoms. The third kappa shape index (κ3) is 5.04. The lowest BCUT2D eigenvalue weighted by molar-refractivity contribution is -0.140. The van der Waals surface area contributed by atoms with Gasteiger partial charge in [0.15, 0.2) is 0 Å². The molecule has 0 bridgehead atoms. The first-order chi connectivity index (χ1) is 16.8. The molecule has 4 rings (SSSR count). The number of nitrogens with zero attached hydrogens (tertiary/aromatic N) is 3. The van der Waals surface area contributed by atoms with Crippen LogP contribution in [0.4, 0.5) is 5.69 Å². The Bertz CT molecular complexity index is 1250. The molecule has 7 heteroatoms. The van der Waals surface area contributed by atoms with Gasteiger partial charge in [0.2, 0.25) is 0 Å². The summed E-state index contributed by atoms with van der Waals surface area (Å²) in [4.78, 5) is 34.1. The predicted octanol–water partition coefficient (Wildman–Crippen LogP) is 4.56. The first-order valence-electron chi connectivity index (χ1n) is 11.5. The van der Waals surface area contributed by atoms with E-state index in [-0.39, 0.29) is 24.0 Å². The van der Waals surface area contributed by atoms with E-state index in [9.17, 15) is 14.7 Å². The van der Waals surface area contributed by atoms with Gasteiger partial charge in [-0.3, -0.25) is 14.6 Å². The zero-order valence-electron chi connectivity index (χ0n) is 20.3. The standard InChI is InChI=1S/C28H29N3O4/c1-18(2)35-23-9-5-8-21(15-23)26(32)24-25(20-10-12-22(13-11-20)30(3)4)31(28(34)27(24)33)17-19-7-6-14-29-16-19/h5-16,18,25,32H,17H2,1-4H3/b26-24-. The summed E-state index contributed by atoms with van der Waals surface area (Å²) in [5.74, 6) is -1.04. The van der Waals surface area contributed by atoms with E-state index in [2.05, 4.69) is 4.98 Å². The molecule has 1 fully saturated rings. The minimum Gasteiger partial charge on any atom is -0.507 e. The first kappa shape index (κ1) is 24.0. The molecule has 7 nitrogen and oxygen atoms in total. The largest absolute Gasteiger partial charge is 0.507 e. The average molecular weight is 472 g/mol. The summed E-state index contributed by atoms with van der Waals surface area (Å²) >= 11 is 0. The zero-order valence-corrected chi connectivity index (χ0v) is 20.3. The first-order valence-corrected chi connectivity index (χ1v) is 11.5. The highest BCUT2D eigenvalue weighted by Crippen LogP contribution is 2.41. The Hall–Kier alpha value is -4.13. The number of pyridine rings is 1. The van der Waals surface area contributed by atoms with Gasteiger partial charge in [-0.1, -0.05) is 30.3 Å². The Morgan fingerprint density at radius 2 is 1.83 bits per heavy atom. The molecule has 1 atom stereocenters. The van der Waals surface area contributed by atoms with Crippen molar-refractivity contribution < 1.29 is 19.4 Å². The highest BCUT2D eigenvalue weighted by atomic mass is 16.5. The van der Waals surface area contributed by atoms with E-state index in [4.69, 9.17) is 4.74 Å². The second kappa shape index (κ2) is 10.0. The van der Waals surface area contributed by atoms with Gasteiger partial charge >= 0.3 is 0 Å². The van der Waals surface area contributed by atoms with Crippen LogP contribution in [-0.4, -0.2) is 46.9 Å². The molecule has 180 valence electrons. The second-order valence-corrected chi connectivity index (χ2v) is 8.97. The van der Waals surface area contributed by atoms with Crippen LogP contribution in [0.25, 0.3) is 5.76 Å². The number of hydrogen-bond donors (Lipinski definition) is 1. The van der Waals surface area contributed by atoms with Gasteiger partial charge in [0.05, 0.1) is 17.7 Å². The Morgan fingerprint density at radius 1 is 1.09 bits per heavy atom. The van der Waals surface area contributed by atoms with Crippen molar-refractivity contribution in [2.45, 2.75) is 32.5 Å². The number of amides is 1. The number of rotatable bonds is 7. The van der Waals surface area contributed by atoms with Gasteiger partial charge in [0, 0.05) is 44.3 Å². The summed E-state index contributed by atoms with van der Waals surface area (Å²) in [6, 6.07) is 17.4. The second-order valence-electron chi connectivity index (χ2n) is 8.97. The molecule has 0 radical (unpaired) electrons. The van der Waals surface area contributed by atoms with Crippen LogP contribution in [0.2, 0.25) is 0 Å². The number of hydrogen-bond acceptors (Lipinski definition) is 6. The SMILES string of the molecule is CC(C)Oc1cccc(/C(O)=C2/C(=O)C(=O)N(Cc3cccnc3)C2c2ccc(N(C)C)cc2)c1. The van der Waals surface area contributed by atoms with E-state index < -0.39 is 17.7 Å². The minimum atomic E-state index is -0.749. The van der Waals surface area contributed by atoms with Crippen LogP contribution in [0, 0.1) is 0 Å². The molecule has 1 aliphatic heterocycles. The fraction of sp³-hybridized carbons (Fsp3) is 0.250. The normalized spacial score (nSPS) is 17.2.